The first kappa shape index (κ1) is 9.09. The Morgan fingerprint density at radius 1 is 1.36 bits per heavy atom. The molecule has 2 aromatic rings. The molecule has 0 aliphatic rings. The highest BCUT2D eigenvalue weighted by Gasteiger charge is 2.09. The third kappa shape index (κ3) is 1.09. The fourth-order valence-electron chi connectivity index (χ4n) is 1.92. The highest BCUT2D eigenvalue weighted by Crippen LogP contribution is 2.26. The number of hydrogen-bond donors (Lipinski definition) is 2. The van der Waals surface area contributed by atoms with Crippen LogP contribution in [0.25, 0.3) is 10.9 Å². The molecule has 0 saturated carbocycles. The molecule has 0 aliphatic carbocycles. The molecule has 74 valence electrons. The smallest absolute Gasteiger partial charge is 0.0484 e. The van der Waals surface area contributed by atoms with E-state index in [4.69, 9.17) is 11.5 Å². The van der Waals surface area contributed by atoms with Gasteiger partial charge >= 0.3 is 0 Å². The van der Waals surface area contributed by atoms with Gasteiger partial charge in [0.05, 0.1) is 0 Å². The van der Waals surface area contributed by atoms with E-state index in [-0.39, 0.29) is 0 Å². The van der Waals surface area contributed by atoms with E-state index >= 15 is 0 Å². The van der Waals surface area contributed by atoms with Gasteiger partial charge in [0.15, 0.2) is 0 Å². The third-order valence-electron chi connectivity index (χ3n) is 2.85. The summed E-state index contributed by atoms with van der Waals surface area (Å²) in [7, 11) is 2.05. The number of fused-ring (bicyclic) bond motifs is 1. The van der Waals surface area contributed by atoms with Crippen LogP contribution in [-0.2, 0) is 13.6 Å². The molecule has 0 spiro atoms. The zero-order valence-corrected chi connectivity index (χ0v) is 8.54. The van der Waals surface area contributed by atoms with Crippen molar-refractivity contribution in [2.45, 2.75) is 13.5 Å². The van der Waals surface area contributed by atoms with Crippen LogP contribution in [0.15, 0.2) is 18.2 Å². The van der Waals surface area contributed by atoms with Gasteiger partial charge < -0.3 is 16.0 Å². The van der Waals surface area contributed by atoms with Crippen molar-refractivity contribution in [3.8, 4) is 0 Å². The maximum absolute atomic E-state index is 5.76. The van der Waals surface area contributed by atoms with Crippen LogP contribution in [0.5, 0.6) is 0 Å². The molecule has 1 aromatic heterocycles. The molecule has 14 heavy (non-hydrogen) atoms. The SMILES string of the molecule is Cc1c(CN)c2cc(N)ccc2n1C. The van der Waals surface area contributed by atoms with Crippen LogP contribution in [0.4, 0.5) is 5.69 Å². The minimum atomic E-state index is 0.562. The Labute approximate surface area is 83.3 Å². The summed E-state index contributed by atoms with van der Waals surface area (Å²) in [6.45, 7) is 2.64. The number of nitrogens with two attached hydrogens (primary N) is 2. The molecule has 2 rings (SSSR count). The monoisotopic (exact) mass is 189 g/mol. The number of anilines is 1. The van der Waals surface area contributed by atoms with Gasteiger partial charge in [0.1, 0.15) is 0 Å². The Balaban J connectivity index is 2.89. The van der Waals surface area contributed by atoms with E-state index in [1.807, 2.05) is 25.2 Å². The highest BCUT2D eigenvalue weighted by atomic mass is 14.9. The van der Waals surface area contributed by atoms with Gasteiger partial charge in [-0.15, -0.1) is 0 Å². The van der Waals surface area contributed by atoms with E-state index in [1.165, 1.54) is 22.2 Å². The fourth-order valence-corrected chi connectivity index (χ4v) is 1.92. The molecular formula is C11H15N3. The Kier molecular flexibility index (Phi) is 1.97. The largest absolute Gasteiger partial charge is 0.399 e. The predicted molar refractivity (Wildman–Crippen MR) is 60.0 cm³/mol. The van der Waals surface area contributed by atoms with Crippen molar-refractivity contribution in [2.75, 3.05) is 5.73 Å². The molecule has 0 radical (unpaired) electrons. The topological polar surface area (TPSA) is 57.0 Å². The van der Waals surface area contributed by atoms with E-state index in [1.54, 1.807) is 0 Å². The van der Waals surface area contributed by atoms with Crippen LogP contribution in [0, 0.1) is 6.92 Å². The summed E-state index contributed by atoms with van der Waals surface area (Å²) < 4.78 is 2.15. The van der Waals surface area contributed by atoms with Gasteiger partial charge in [0, 0.05) is 35.9 Å². The standard InChI is InChI=1S/C11H15N3/c1-7-10(6-12)9-5-8(13)3-4-11(9)14(7)2/h3-5H,6,12-13H2,1-2H3. The normalized spacial score (nSPS) is 11.1. The first-order valence-electron chi connectivity index (χ1n) is 4.68. The summed E-state index contributed by atoms with van der Waals surface area (Å²) in [5.74, 6) is 0. The number of nitrogen functional groups attached to an aromatic ring is 1. The zero-order valence-electron chi connectivity index (χ0n) is 8.54. The van der Waals surface area contributed by atoms with Crippen molar-refractivity contribution in [1.29, 1.82) is 0 Å². The van der Waals surface area contributed by atoms with Crippen LogP contribution >= 0.6 is 0 Å². The third-order valence-corrected chi connectivity index (χ3v) is 2.85. The summed E-state index contributed by atoms with van der Waals surface area (Å²) in [6, 6.07) is 5.95. The van der Waals surface area contributed by atoms with E-state index in [0.29, 0.717) is 6.54 Å². The minimum absolute atomic E-state index is 0.562. The van der Waals surface area contributed by atoms with E-state index in [0.717, 1.165) is 5.69 Å². The Hall–Kier alpha value is -1.48. The van der Waals surface area contributed by atoms with Crippen molar-refractivity contribution in [1.82, 2.24) is 4.57 Å². The molecule has 0 saturated heterocycles. The van der Waals surface area contributed by atoms with E-state index < -0.39 is 0 Å². The molecular weight excluding hydrogens is 174 g/mol. The fraction of sp³-hybridized carbons (Fsp3) is 0.273. The number of benzene rings is 1. The quantitative estimate of drug-likeness (QED) is 0.668. The summed E-state index contributed by atoms with van der Waals surface area (Å²) in [4.78, 5) is 0. The van der Waals surface area contributed by atoms with Crippen LogP contribution in [0.1, 0.15) is 11.3 Å². The van der Waals surface area contributed by atoms with Gasteiger partial charge in [-0.25, -0.2) is 0 Å². The molecule has 0 unspecified atom stereocenters. The zero-order chi connectivity index (χ0) is 10.3. The van der Waals surface area contributed by atoms with Crippen LogP contribution in [0.2, 0.25) is 0 Å². The van der Waals surface area contributed by atoms with Crippen molar-refractivity contribution in [3.05, 3.63) is 29.5 Å². The average Bonchev–Trinajstić information content (AvgIpc) is 2.39. The summed E-state index contributed by atoms with van der Waals surface area (Å²) in [6.07, 6.45) is 0. The summed E-state index contributed by atoms with van der Waals surface area (Å²) in [5, 5.41) is 1.17. The summed E-state index contributed by atoms with van der Waals surface area (Å²) in [5.41, 5.74) is 15.9. The number of nitrogens with zero attached hydrogens (tertiary/aromatic N) is 1. The lowest BCUT2D eigenvalue weighted by molar-refractivity contribution is 0.894. The van der Waals surface area contributed by atoms with Crippen molar-refractivity contribution in [2.24, 2.45) is 12.8 Å². The van der Waals surface area contributed by atoms with Crippen LogP contribution in [-0.4, -0.2) is 4.57 Å². The molecule has 0 amide bonds. The molecule has 1 aromatic carbocycles. The van der Waals surface area contributed by atoms with Gasteiger partial charge in [-0.2, -0.15) is 0 Å². The molecule has 0 aliphatic heterocycles. The number of aromatic nitrogens is 1. The molecule has 3 nitrogen and oxygen atoms in total. The second-order valence-electron chi connectivity index (χ2n) is 3.60. The lowest BCUT2D eigenvalue weighted by atomic mass is 10.1. The first-order chi connectivity index (χ1) is 6.65. The number of hydrogen-bond acceptors (Lipinski definition) is 2. The second kappa shape index (κ2) is 3.03. The lowest BCUT2D eigenvalue weighted by Gasteiger charge is -1.98. The summed E-state index contributed by atoms with van der Waals surface area (Å²) >= 11 is 0. The van der Waals surface area contributed by atoms with E-state index in [2.05, 4.69) is 11.5 Å². The van der Waals surface area contributed by atoms with Crippen molar-refractivity contribution in [3.63, 3.8) is 0 Å². The van der Waals surface area contributed by atoms with Crippen molar-refractivity contribution < 1.29 is 0 Å². The highest BCUT2D eigenvalue weighted by molar-refractivity contribution is 5.88. The molecule has 0 fully saturated rings. The van der Waals surface area contributed by atoms with Crippen LogP contribution in [0.3, 0.4) is 0 Å². The number of aryl methyl sites for hydroxylation is 1. The lowest BCUT2D eigenvalue weighted by Crippen LogP contribution is -1.99. The van der Waals surface area contributed by atoms with Gasteiger partial charge in [-0.3, -0.25) is 0 Å². The first-order valence-corrected chi connectivity index (χ1v) is 4.68. The average molecular weight is 189 g/mol. The second-order valence-corrected chi connectivity index (χ2v) is 3.60. The van der Waals surface area contributed by atoms with Gasteiger partial charge in [0.25, 0.3) is 0 Å². The Bertz CT molecular complexity index is 483. The maximum atomic E-state index is 5.76. The molecule has 1 heterocycles. The predicted octanol–water partition coefficient (Wildman–Crippen LogP) is 1.53. The van der Waals surface area contributed by atoms with Gasteiger partial charge in [0.2, 0.25) is 0 Å². The van der Waals surface area contributed by atoms with Crippen molar-refractivity contribution >= 4 is 16.6 Å². The molecule has 0 atom stereocenters. The Morgan fingerprint density at radius 2 is 2.07 bits per heavy atom. The van der Waals surface area contributed by atoms with Gasteiger partial charge in [-0.1, -0.05) is 0 Å². The molecule has 0 bridgehead atoms. The number of rotatable bonds is 1. The van der Waals surface area contributed by atoms with E-state index in [9.17, 15) is 0 Å². The van der Waals surface area contributed by atoms with Crippen LogP contribution < -0.4 is 11.5 Å². The van der Waals surface area contributed by atoms with Gasteiger partial charge in [-0.05, 0) is 30.7 Å². The maximum Gasteiger partial charge on any atom is 0.0484 e. The molecule has 4 N–H and O–H groups in total. The molecule has 3 heteroatoms. The minimum Gasteiger partial charge on any atom is -0.399 e. The Morgan fingerprint density at radius 3 is 2.71 bits per heavy atom.